The molecule has 1 aromatic rings. The highest BCUT2D eigenvalue weighted by atomic mass is 32.2. The van der Waals surface area contributed by atoms with Gasteiger partial charge in [0.25, 0.3) is 5.91 Å². The smallest absolute Gasteiger partial charge is 0.253 e. The van der Waals surface area contributed by atoms with Crippen LogP contribution in [-0.4, -0.2) is 61.1 Å². The summed E-state index contributed by atoms with van der Waals surface area (Å²) in [6, 6.07) is 9.34. The summed E-state index contributed by atoms with van der Waals surface area (Å²) in [5.74, 6) is 2.14. The Kier molecular flexibility index (Phi) is 6.34. The molecule has 136 valence electrons. The van der Waals surface area contributed by atoms with Crippen LogP contribution in [0.1, 0.15) is 18.1 Å². The summed E-state index contributed by atoms with van der Waals surface area (Å²) >= 11 is 1.79. The Bertz CT molecular complexity index is 592. The van der Waals surface area contributed by atoms with E-state index in [1.807, 2.05) is 35.2 Å². The molecule has 6 nitrogen and oxygen atoms in total. The lowest BCUT2D eigenvalue weighted by Gasteiger charge is -2.19. The van der Waals surface area contributed by atoms with Gasteiger partial charge < -0.3 is 20.3 Å². The average molecular weight is 363 g/mol. The number of carbonyl (C=O) groups excluding carboxylic acids is 2. The average Bonchev–Trinajstić information content (AvgIpc) is 3.33. The van der Waals surface area contributed by atoms with Crippen molar-refractivity contribution < 1.29 is 14.3 Å². The van der Waals surface area contributed by atoms with Crippen LogP contribution in [0.15, 0.2) is 30.3 Å². The van der Waals surface area contributed by atoms with Gasteiger partial charge in [0, 0.05) is 32.5 Å². The number of carbonyl (C=O) groups is 2. The second-order valence-corrected chi connectivity index (χ2v) is 7.55. The first-order valence-corrected chi connectivity index (χ1v) is 9.80. The van der Waals surface area contributed by atoms with Crippen molar-refractivity contribution in [2.45, 2.75) is 18.6 Å². The maximum absolute atomic E-state index is 12.4. The van der Waals surface area contributed by atoms with Gasteiger partial charge in [-0.25, -0.2) is 0 Å². The molecule has 2 N–H and O–H groups in total. The second-order valence-electron chi connectivity index (χ2n) is 6.47. The van der Waals surface area contributed by atoms with Crippen LogP contribution in [0.2, 0.25) is 0 Å². The van der Waals surface area contributed by atoms with Crippen LogP contribution in [0.5, 0.6) is 0 Å². The van der Waals surface area contributed by atoms with E-state index >= 15 is 0 Å². The van der Waals surface area contributed by atoms with Crippen molar-refractivity contribution in [2.24, 2.45) is 5.92 Å². The maximum Gasteiger partial charge on any atom is 0.253 e. The molecule has 2 heterocycles. The van der Waals surface area contributed by atoms with Gasteiger partial charge >= 0.3 is 0 Å². The van der Waals surface area contributed by atoms with Crippen LogP contribution in [0, 0.1) is 5.92 Å². The Hall–Kier alpha value is -1.57. The standard InChI is InChI=1S/C18H25N3O3S/c1-24-16(14-5-3-2-4-6-14)17(22)20-11-13-9-15(19-10-13)18(23)21-7-8-25-12-21/h2-6,13,15-16,19H,7-12H2,1H3,(H,20,22)/t13?,15?,16-/m0/s1. The number of thioether (sulfide) groups is 1. The molecule has 0 spiro atoms. The van der Waals surface area contributed by atoms with Crippen molar-refractivity contribution >= 4 is 23.6 Å². The number of benzene rings is 1. The fourth-order valence-electron chi connectivity index (χ4n) is 3.32. The predicted molar refractivity (Wildman–Crippen MR) is 98.1 cm³/mol. The fourth-order valence-corrected chi connectivity index (χ4v) is 4.28. The first-order chi connectivity index (χ1) is 12.2. The zero-order valence-electron chi connectivity index (χ0n) is 14.4. The molecule has 2 amide bonds. The Morgan fingerprint density at radius 1 is 1.40 bits per heavy atom. The number of hydrogen-bond donors (Lipinski definition) is 2. The summed E-state index contributed by atoms with van der Waals surface area (Å²) in [6.45, 7) is 2.15. The van der Waals surface area contributed by atoms with E-state index in [2.05, 4.69) is 10.6 Å². The number of rotatable bonds is 6. The van der Waals surface area contributed by atoms with Gasteiger partial charge in [-0.3, -0.25) is 9.59 Å². The monoisotopic (exact) mass is 363 g/mol. The molecular formula is C18H25N3O3S. The summed E-state index contributed by atoms with van der Waals surface area (Å²) < 4.78 is 5.35. The van der Waals surface area contributed by atoms with Crippen LogP contribution in [-0.2, 0) is 14.3 Å². The van der Waals surface area contributed by atoms with Gasteiger partial charge in [-0.15, -0.1) is 11.8 Å². The Balaban J connectivity index is 1.47. The number of hydrogen-bond acceptors (Lipinski definition) is 5. The minimum Gasteiger partial charge on any atom is -0.367 e. The number of amides is 2. The number of methoxy groups -OCH3 is 1. The predicted octanol–water partition coefficient (Wildman–Crippen LogP) is 1.00. The zero-order chi connectivity index (χ0) is 17.6. The topological polar surface area (TPSA) is 70.7 Å². The van der Waals surface area contributed by atoms with Crippen LogP contribution in [0.4, 0.5) is 0 Å². The molecule has 1 aromatic carbocycles. The first kappa shape index (κ1) is 18.2. The molecule has 3 rings (SSSR count). The molecule has 0 radical (unpaired) electrons. The van der Waals surface area contributed by atoms with Crippen molar-refractivity contribution in [3.05, 3.63) is 35.9 Å². The molecule has 0 aromatic heterocycles. The van der Waals surface area contributed by atoms with E-state index in [1.54, 1.807) is 11.8 Å². The Morgan fingerprint density at radius 3 is 2.88 bits per heavy atom. The van der Waals surface area contributed by atoms with Crippen molar-refractivity contribution in [2.75, 3.05) is 38.4 Å². The molecule has 0 saturated carbocycles. The molecule has 3 atom stereocenters. The Labute approximate surface area is 152 Å². The lowest BCUT2D eigenvalue weighted by molar-refractivity contribution is -0.131. The number of nitrogens with one attached hydrogen (secondary N) is 2. The van der Waals surface area contributed by atoms with Crippen LogP contribution >= 0.6 is 11.8 Å². The third kappa shape index (κ3) is 4.54. The lowest BCUT2D eigenvalue weighted by atomic mass is 10.0. The van der Waals surface area contributed by atoms with Crippen molar-refractivity contribution in [1.82, 2.24) is 15.5 Å². The normalized spacial score (nSPS) is 24.3. The molecule has 2 aliphatic heterocycles. The highest BCUT2D eigenvalue weighted by Gasteiger charge is 2.33. The highest BCUT2D eigenvalue weighted by molar-refractivity contribution is 7.99. The van der Waals surface area contributed by atoms with Gasteiger partial charge in [-0.05, 0) is 17.9 Å². The van der Waals surface area contributed by atoms with Crippen LogP contribution < -0.4 is 10.6 Å². The summed E-state index contributed by atoms with van der Waals surface area (Å²) in [4.78, 5) is 26.8. The van der Waals surface area contributed by atoms with Crippen LogP contribution in [0.25, 0.3) is 0 Å². The van der Waals surface area contributed by atoms with Crippen LogP contribution in [0.3, 0.4) is 0 Å². The lowest BCUT2D eigenvalue weighted by Crippen LogP contribution is -2.42. The van der Waals surface area contributed by atoms with Gasteiger partial charge in [-0.2, -0.15) is 0 Å². The minimum atomic E-state index is -0.602. The summed E-state index contributed by atoms with van der Waals surface area (Å²) in [6.07, 6.45) is 0.165. The third-order valence-corrected chi connectivity index (χ3v) is 5.69. The van der Waals surface area contributed by atoms with Crippen molar-refractivity contribution in [3.8, 4) is 0 Å². The minimum absolute atomic E-state index is 0.118. The molecule has 2 saturated heterocycles. The van der Waals surface area contributed by atoms with E-state index in [9.17, 15) is 9.59 Å². The molecule has 25 heavy (non-hydrogen) atoms. The van der Waals surface area contributed by atoms with Gasteiger partial charge in [-0.1, -0.05) is 30.3 Å². The summed E-state index contributed by atoms with van der Waals surface area (Å²) in [7, 11) is 1.54. The molecule has 7 heteroatoms. The van der Waals surface area contributed by atoms with Gasteiger partial charge in [0.2, 0.25) is 5.91 Å². The van der Waals surface area contributed by atoms with E-state index < -0.39 is 6.10 Å². The van der Waals surface area contributed by atoms with E-state index in [0.717, 1.165) is 36.7 Å². The highest BCUT2D eigenvalue weighted by Crippen LogP contribution is 2.21. The largest absolute Gasteiger partial charge is 0.367 e. The SMILES string of the molecule is CO[C@H](C(=O)NCC1CNC(C(=O)N2CCSC2)C1)c1ccccc1. The second kappa shape index (κ2) is 8.69. The van der Waals surface area contributed by atoms with Gasteiger partial charge in [0.05, 0.1) is 11.9 Å². The maximum atomic E-state index is 12.4. The zero-order valence-corrected chi connectivity index (χ0v) is 15.3. The summed E-state index contributed by atoms with van der Waals surface area (Å²) in [5, 5.41) is 6.27. The van der Waals surface area contributed by atoms with Crippen molar-refractivity contribution in [1.29, 1.82) is 0 Å². The molecule has 0 aliphatic carbocycles. The van der Waals surface area contributed by atoms with Crippen molar-refractivity contribution in [3.63, 3.8) is 0 Å². The molecule has 2 fully saturated rings. The molecule has 2 unspecified atom stereocenters. The number of nitrogens with zero attached hydrogens (tertiary/aromatic N) is 1. The first-order valence-electron chi connectivity index (χ1n) is 8.64. The van der Waals surface area contributed by atoms with E-state index in [1.165, 1.54) is 7.11 Å². The quantitative estimate of drug-likeness (QED) is 0.789. The van der Waals surface area contributed by atoms with E-state index in [0.29, 0.717) is 6.54 Å². The molecule has 2 aliphatic rings. The Morgan fingerprint density at radius 2 is 2.20 bits per heavy atom. The number of ether oxygens (including phenoxy) is 1. The third-order valence-electron chi connectivity index (χ3n) is 4.73. The van der Waals surface area contributed by atoms with E-state index in [-0.39, 0.29) is 23.8 Å². The van der Waals surface area contributed by atoms with Gasteiger partial charge in [0.15, 0.2) is 6.10 Å². The van der Waals surface area contributed by atoms with E-state index in [4.69, 9.17) is 4.74 Å². The van der Waals surface area contributed by atoms with Gasteiger partial charge in [0.1, 0.15) is 0 Å². The summed E-state index contributed by atoms with van der Waals surface area (Å²) in [5.41, 5.74) is 0.839. The molecule has 0 bridgehead atoms. The molecular weight excluding hydrogens is 338 g/mol. The fraction of sp³-hybridized carbons (Fsp3) is 0.556.